The van der Waals surface area contributed by atoms with Crippen LogP contribution in [-0.2, 0) is 9.59 Å². The van der Waals surface area contributed by atoms with Gasteiger partial charge in [0.1, 0.15) is 6.04 Å². The Morgan fingerprint density at radius 3 is 2.69 bits per heavy atom. The number of carbonyl (C=O) groups excluding carboxylic acids is 1. The zero-order valence-electron chi connectivity index (χ0n) is 7.40. The summed E-state index contributed by atoms with van der Waals surface area (Å²) in [5, 5.41) is 8.82. The second-order valence-corrected chi connectivity index (χ2v) is 3.09. The third kappa shape index (κ3) is 2.08. The number of carboxylic acids is 1. The van der Waals surface area contributed by atoms with Crippen LogP contribution in [0.15, 0.2) is 12.7 Å². The summed E-state index contributed by atoms with van der Waals surface area (Å²) in [6.45, 7) is 3.88. The quantitative estimate of drug-likeness (QED) is 0.639. The minimum absolute atomic E-state index is 0.285. The molecular weight excluding hydrogens is 170 g/mol. The molecule has 1 aliphatic heterocycles. The zero-order valence-corrected chi connectivity index (χ0v) is 7.40. The van der Waals surface area contributed by atoms with E-state index >= 15 is 0 Å². The van der Waals surface area contributed by atoms with Crippen LogP contribution in [0.1, 0.15) is 19.3 Å². The van der Waals surface area contributed by atoms with Gasteiger partial charge in [-0.25, -0.2) is 4.79 Å². The van der Waals surface area contributed by atoms with Crippen molar-refractivity contribution in [1.82, 2.24) is 4.90 Å². The number of nitrogens with zero attached hydrogens (tertiary/aromatic N) is 1. The number of likely N-dealkylation sites (tertiary alicyclic amines) is 1. The van der Waals surface area contributed by atoms with Crippen LogP contribution in [0.5, 0.6) is 0 Å². The maximum Gasteiger partial charge on any atom is 0.326 e. The third-order valence-corrected chi connectivity index (χ3v) is 2.25. The van der Waals surface area contributed by atoms with E-state index in [4.69, 9.17) is 5.11 Å². The first kappa shape index (κ1) is 9.77. The van der Waals surface area contributed by atoms with Gasteiger partial charge in [0.15, 0.2) is 0 Å². The summed E-state index contributed by atoms with van der Waals surface area (Å²) in [5.74, 6) is -1.21. The van der Waals surface area contributed by atoms with E-state index in [0.29, 0.717) is 13.0 Å². The van der Waals surface area contributed by atoms with Gasteiger partial charge in [-0.15, -0.1) is 0 Å². The van der Waals surface area contributed by atoms with Crippen molar-refractivity contribution in [3.63, 3.8) is 0 Å². The predicted octanol–water partition coefficient (Wildman–Crippen LogP) is 0.638. The van der Waals surface area contributed by atoms with E-state index in [9.17, 15) is 9.59 Å². The first-order chi connectivity index (χ1) is 6.16. The molecule has 4 nitrogen and oxygen atoms in total. The highest BCUT2D eigenvalue weighted by atomic mass is 16.4. The summed E-state index contributed by atoms with van der Waals surface area (Å²) in [5.41, 5.74) is 0. The van der Waals surface area contributed by atoms with Crippen molar-refractivity contribution in [2.24, 2.45) is 0 Å². The molecule has 0 aromatic heterocycles. The van der Waals surface area contributed by atoms with Crippen molar-refractivity contribution in [2.75, 3.05) is 6.54 Å². The lowest BCUT2D eigenvalue weighted by Crippen LogP contribution is -2.47. The maximum absolute atomic E-state index is 11.2. The molecule has 0 aromatic carbocycles. The Morgan fingerprint density at radius 2 is 2.15 bits per heavy atom. The fourth-order valence-corrected chi connectivity index (χ4v) is 1.57. The maximum atomic E-state index is 11.2. The first-order valence-electron chi connectivity index (χ1n) is 4.32. The first-order valence-corrected chi connectivity index (χ1v) is 4.32. The summed E-state index contributed by atoms with van der Waals surface area (Å²) in [6.07, 6.45) is 3.47. The molecule has 0 bridgehead atoms. The van der Waals surface area contributed by atoms with Crippen LogP contribution in [0, 0.1) is 0 Å². The molecule has 1 rings (SSSR count). The van der Waals surface area contributed by atoms with Crippen LogP contribution in [0.3, 0.4) is 0 Å². The molecule has 72 valence electrons. The normalized spacial score (nSPS) is 22.5. The van der Waals surface area contributed by atoms with Crippen LogP contribution in [-0.4, -0.2) is 34.5 Å². The van der Waals surface area contributed by atoms with Gasteiger partial charge >= 0.3 is 5.97 Å². The molecule has 1 heterocycles. The van der Waals surface area contributed by atoms with Gasteiger partial charge in [0.2, 0.25) is 5.91 Å². The second kappa shape index (κ2) is 4.07. The Kier molecular flexibility index (Phi) is 3.06. The molecule has 0 radical (unpaired) electrons. The highest BCUT2D eigenvalue weighted by molar-refractivity contribution is 5.90. The molecule has 0 aromatic rings. The summed E-state index contributed by atoms with van der Waals surface area (Å²) >= 11 is 0. The number of amides is 1. The summed E-state index contributed by atoms with van der Waals surface area (Å²) in [6, 6.07) is -0.653. The van der Waals surface area contributed by atoms with Gasteiger partial charge < -0.3 is 10.0 Å². The van der Waals surface area contributed by atoms with Crippen molar-refractivity contribution in [3.05, 3.63) is 12.7 Å². The lowest BCUT2D eigenvalue weighted by molar-refractivity contribution is -0.150. The molecule has 1 saturated heterocycles. The Balaban J connectivity index is 2.72. The Morgan fingerprint density at radius 1 is 1.46 bits per heavy atom. The van der Waals surface area contributed by atoms with Gasteiger partial charge in [-0.1, -0.05) is 6.58 Å². The molecule has 0 saturated carbocycles. The van der Waals surface area contributed by atoms with Crippen molar-refractivity contribution in [1.29, 1.82) is 0 Å². The molecule has 4 heteroatoms. The number of hydrogen-bond donors (Lipinski definition) is 1. The van der Waals surface area contributed by atoms with E-state index in [-0.39, 0.29) is 5.91 Å². The topological polar surface area (TPSA) is 57.6 Å². The monoisotopic (exact) mass is 183 g/mol. The van der Waals surface area contributed by atoms with Crippen LogP contribution >= 0.6 is 0 Å². The summed E-state index contributed by atoms with van der Waals surface area (Å²) < 4.78 is 0. The number of rotatable bonds is 2. The minimum Gasteiger partial charge on any atom is -0.480 e. The molecule has 1 amide bonds. The molecule has 0 spiro atoms. The van der Waals surface area contributed by atoms with Crippen LogP contribution < -0.4 is 0 Å². The Labute approximate surface area is 76.8 Å². The smallest absolute Gasteiger partial charge is 0.326 e. The molecule has 1 fully saturated rings. The SMILES string of the molecule is C=CC(=O)N1CCCC[C@@H]1C(=O)O. The number of carboxylic acid groups (broad SMARTS) is 1. The average molecular weight is 183 g/mol. The van der Waals surface area contributed by atoms with E-state index in [1.165, 1.54) is 11.0 Å². The molecule has 0 unspecified atom stereocenters. The van der Waals surface area contributed by atoms with Gasteiger partial charge in [0.25, 0.3) is 0 Å². The van der Waals surface area contributed by atoms with Crippen LogP contribution in [0.4, 0.5) is 0 Å². The summed E-state index contributed by atoms with van der Waals surface area (Å²) in [4.78, 5) is 23.4. The zero-order chi connectivity index (χ0) is 9.84. The number of hydrogen-bond acceptors (Lipinski definition) is 2. The van der Waals surface area contributed by atoms with Crippen LogP contribution in [0.25, 0.3) is 0 Å². The van der Waals surface area contributed by atoms with Gasteiger partial charge in [0, 0.05) is 6.54 Å². The van der Waals surface area contributed by atoms with E-state index < -0.39 is 12.0 Å². The molecule has 1 atom stereocenters. The molecule has 1 aliphatic rings. The molecule has 0 aliphatic carbocycles. The van der Waals surface area contributed by atoms with E-state index in [0.717, 1.165) is 12.8 Å². The van der Waals surface area contributed by atoms with Gasteiger partial charge in [-0.3, -0.25) is 4.79 Å². The number of piperidine rings is 1. The van der Waals surface area contributed by atoms with Gasteiger partial charge in [-0.2, -0.15) is 0 Å². The van der Waals surface area contributed by atoms with Gasteiger partial charge in [-0.05, 0) is 25.3 Å². The van der Waals surface area contributed by atoms with Crippen molar-refractivity contribution in [2.45, 2.75) is 25.3 Å². The highest BCUT2D eigenvalue weighted by Gasteiger charge is 2.30. The molecule has 13 heavy (non-hydrogen) atoms. The second-order valence-electron chi connectivity index (χ2n) is 3.09. The standard InChI is InChI=1S/C9H13NO3/c1-2-8(11)10-6-4-3-5-7(10)9(12)13/h2,7H,1,3-6H2,(H,12,13)/t7-/m1/s1. The van der Waals surface area contributed by atoms with Crippen molar-refractivity contribution in [3.8, 4) is 0 Å². The predicted molar refractivity (Wildman–Crippen MR) is 47.2 cm³/mol. The fraction of sp³-hybridized carbons (Fsp3) is 0.556. The lowest BCUT2D eigenvalue weighted by Gasteiger charge is -2.31. The average Bonchev–Trinajstić information content (AvgIpc) is 2.16. The Bertz CT molecular complexity index is 237. The largest absolute Gasteiger partial charge is 0.480 e. The van der Waals surface area contributed by atoms with E-state index in [1.807, 2.05) is 0 Å². The third-order valence-electron chi connectivity index (χ3n) is 2.25. The molecule has 1 N–H and O–H groups in total. The molecular formula is C9H13NO3. The summed E-state index contributed by atoms with van der Waals surface area (Å²) in [7, 11) is 0. The van der Waals surface area contributed by atoms with Crippen molar-refractivity contribution >= 4 is 11.9 Å². The highest BCUT2D eigenvalue weighted by Crippen LogP contribution is 2.17. The number of carbonyl (C=O) groups is 2. The van der Waals surface area contributed by atoms with Crippen molar-refractivity contribution < 1.29 is 14.7 Å². The van der Waals surface area contributed by atoms with E-state index in [2.05, 4.69) is 6.58 Å². The minimum atomic E-state index is -0.921. The fourth-order valence-electron chi connectivity index (χ4n) is 1.57. The Hall–Kier alpha value is -1.32. The lowest BCUT2D eigenvalue weighted by atomic mass is 10.0. The number of aliphatic carboxylic acids is 1. The van der Waals surface area contributed by atoms with Gasteiger partial charge in [0.05, 0.1) is 0 Å². The van der Waals surface area contributed by atoms with E-state index in [1.54, 1.807) is 0 Å². The van der Waals surface area contributed by atoms with Crippen LogP contribution in [0.2, 0.25) is 0 Å².